The second kappa shape index (κ2) is 28.5. The molecule has 4 amide bonds. The molecule has 9 nitrogen and oxygen atoms in total. The molecule has 0 aliphatic rings. The van der Waals surface area contributed by atoms with Gasteiger partial charge >= 0.3 is 6.09 Å². The van der Waals surface area contributed by atoms with Crippen molar-refractivity contribution in [3.05, 3.63) is 323 Å². The number of benzene rings is 9. The lowest BCUT2D eigenvalue weighted by molar-refractivity contribution is -0.134. The first-order valence-electron chi connectivity index (χ1n) is 28.5. The fourth-order valence-electron chi connectivity index (χ4n) is 10.6. The van der Waals surface area contributed by atoms with Crippen molar-refractivity contribution in [1.82, 2.24) is 20.9 Å². The predicted octanol–water partition coefficient (Wildman–Crippen LogP) is 14.1. The minimum absolute atomic E-state index is 0.00351. The second-order valence-corrected chi connectivity index (χ2v) is 25.3. The van der Waals surface area contributed by atoms with Crippen LogP contribution in [0.4, 0.5) is 4.79 Å². The summed E-state index contributed by atoms with van der Waals surface area (Å²) in [5.74, 6) is -1.60. The summed E-state index contributed by atoms with van der Waals surface area (Å²) < 4.78 is 3.79. The molecule has 3 atom stereocenters. The molecule has 3 unspecified atom stereocenters. The van der Waals surface area contributed by atoms with Crippen LogP contribution in [0.1, 0.15) is 70.8 Å². The van der Waals surface area contributed by atoms with Gasteiger partial charge in [0.2, 0.25) is 11.8 Å². The fourth-order valence-corrected chi connectivity index (χ4v) is 15.3. The van der Waals surface area contributed by atoms with E-state index < -0.39 is 61.8 Å². The quantitative estimate of drug-likeness (QED) is 0.0512. The highest BCUT2D eigenvalue weighted by Gasteiger charge is 2.44. The Bertz CT molecular complexity index is 3260. The average Bonchev–Trinajstić information content (AvgIpc) is 1.52. The Labute approximate surface area is 513 Å². The smallest absolute Gasteiger partial charge is 0.410 e. The first-order chi connectivity index (χ1) is 41.3. The number of amides is 4. The third-order valence-corrected chi connectivity index (χ3v) is 20.2. The van der Waals surface area contributed by atoms with Crippen LogP contribution in [0.5, 0.6) is 0 Å². The molecule has 0 aliphatic carbocycles. The van der Waals surface area contributed by atoms with E-state index in [1.54, 1.807) is 25.9 Å². The summed E-state index contributed by atoms with van der Waals surface area (Å²) >= 11 is 4.52. The zero-order valence-electron chi connectivity index (χ0n) is 48.5. The van der Waals surface area contributed by atoms with Crippen molar-refractivity contribution in [2.45, 2.75) is 58.7 Å². The lowest BCUT2D eigenvalue weighted by Gasteiger charge is -2.38. The minimum Gasteiger partial charge on any atom is -0.435 e. The van der Waals surface area contributed by atoms with Gasteiger partial charge in [-0.2, -0.15) is 0 Å². The Hall–Kier alpha value is -8.29. The highest BCUT2D eigenvalue weighted by molar-refractivity contribution is 8.01. The van der Waals surface area contributed by atoms with Crippen molar-refractivity contribution in [3.8, 4) is 0 Å². The molecular weight excluding hydrogens is 1110 g/mol. The number of nitrogens with one attached hydrogen (secondary N) is 3. The van der Waals surface area contributed by atoms with Crippen LogP contribution in [0.25, 0.3) is 0 Å². The van der Waals surface area contributed by atoms with Crippen molar-refractivity contribution < 1.29 is 23.9 Å². The summed E-state index contributed by atoms with van der Waals surface area (Å²) in [5.41, 5.74) is 8.03. The summed E-state index contributed by atoms with van der Waals surface area (Å²) in [4.78, 5) is 62.2. The monoisotopic (exact) mass is 1180 g/mol. The maximum atomic E-state index is 15.9. The molecular formula is C73H72N4O5S3. The zero-order valence-corrected chi connectivity index (χ0v) is 51.0. The molecule has 9 aromatic rings. The Balaban J connectivity index is 1.15. The van der Waals surface area contributed by atoms with Crippen molar-refractivity contribution in [1.29, 1.82) is 0 Å². The zero-order chi connectivity index (χ0) is 59.7. The van der Waals surface area contributed by atoms with Gasteiger partial charge in [0.1, 0.15) is 12.1 Å². The third kappa shape index (κ3) is 14.0. The third-order valence-electron chi connectivity index (χ3n) is 15.3. The molecule has 0 heterocycles. The first kappa shape index (κ1) is 61.3. The molecule has 0 bridgehead atoms. The van der Waals surface area contributed by atoms with Gasteiger partial charge in [0.05, 0.1) is 14.2 Å². The SMILES string of the molecule is CNC(=O)C(CSC(c1ccccc1)(c1ccccc1)c1ccccc1)NC(=O)C(CSC(c1ccccc1)(c1ccccc1)c1ccccc1)NC(=O)C(CSC(c1ccccc1)(c1ccccc1)c1ccccc1)OC(=O)N(C)C(C)(C)C. The van der Waals surface area contributed by atoms with Crippen LogP contribution >= 0.6 is 35.3 Å². The Morgan fingerprint density at radius 3 is 0.824 bits per heavy atom. The van der Waals surface area contributed by atoms with Gasteiger partial charge in [-0.25, -0.2) is 4.79 Å². The van der Waals surface area contributed by atoms with E-state index in [2.05, 4.69) is 125 Å². The number of nitrogens with zero attached hydrogens (tertiary/aromatic N) is 1. The van der Waals surface area contributed by atoms with Crippen molar-refractivity contribution in [2.24, 2.45) is 0 Å². The summed E-state index contributed by atoms with van der Waals surface area (Å²) in [6.07, 6.45) is -2.14. The maximum absolute atomic E-state index is 15.9. The molecule has 85 heavy (non-hydrogen) atoms. The molecule has 3 N–H and O–H groups in total. The van der Waals surface area contributed by atoms with E-state index in [0.717, 1.165) is 50.1 Å². The molecule has 0 saturated carbocycles. The fraction of sp³-hybridized carbons (Fsp3) is 0.205. The Morgan fingerprint density at radius 1 is 0.365 bits per heavy atom. The van der Waals surface area contributed by atoms with Gasteiger partial charge in [-0.15, -0.1) is 35.3 Å². The molecule has 12 heteroatoms. The molecule has 0 radical (unpaired) electrons. The van der Waals surface area contributed by atoms with E-state index >= 15 is 9.59 Å². The molecule has 0 spiro atoms. The standard InChI is InChI=1S/C73H72N4O5S3/c1-70(2,3)77(5)69(81)82-65(53-85-73(60-45-27-12-28-46-60,61-47-29-13-30-48-61)62-49-31-14-32-50-62)68(80)76-64(52-84-72(57-39-21-9-22-40-57,58-41-23-10-24-42-58)59-43-25-11-26-44-59)67(79)75-63(66(78)74-4)51-83-71(54-33-15-6-16-34-54,55-35-17-7-18-36-55)56-37-19-8-20-38-56/h6-50,63-65H,51-53H2,1-5H3,(H,74,78)(H,75,79)(H,76,80). The number of carbonyl (C=O) groups excluding carboxylic acids is 4. The summed E-state index contributed by atoms with van der Waals surface area (Å²) in [7, 11) is 3.20. The van der Waals surface area contributed by atoms with Crippen LogP contribution in [0.15, 0.2) is 273 Å². The van der Waals surface area contributed by atoms with Crippen LogP contribution in [-0.2, 0) is 33.4 Å². The van der Waals surface area contributed by atoms with Gasteiger partial charge in [-0.1, -0.05) is 273 Å². The van der Waals surface area contributed by atoms with Crippen LogP contribution in [0.2, 0.25) is 0 Å². The van der Waals surface area contributed by atoms with E-state index in [1.807, 2.05) is 185 Å². The second-order valence-electron chi connectivity index (χ2n) is 21.6. The van der Waals surface area contributed by atoms with Gasteiger partial charge in [-0.3, -0.25) is 14.4 Å². The predicted molar refractivity (Wildman–Crippen MR) is 351 cm³/mol. The number of thioether (sulfide) groups is 3. The van der Waals surface area contributed by atoms with Crippen molar-refractivity contribution in [3.63, 3.8) is 0 Å². The topological polar surface area (TPSA) is 117 Å². The summed E-state index contributed by atoms with van der Waals surface area (Å²) in [6, 6.07) is 88.9. The first-order valence-corrected chi connectivity index (χ1v) is 31.5. The van der Waals surface area contributed by atoms with Gasteiger partial charge in [0.25, 0.3) is 5.91 Å². The van der Waals surface area contributed by atoms with Gasteiger partial charge in [-0.05, 0) is 70.8 Å². The van der Waals surface area contributed by atoms with Gasteiger partial charge in [0.15, 0.2) is 6.10 Å². The molecule has 9 aromatic carbocycles. The lowest BCUT2D eigenvalue weighted by atomic mass is 9.84. The Kier molecular flexibility index (Phi) is 20.6. The largest absolute Gasteiger partial charge is 0.435 e. The van der Waals surface area contributed by atoms with Crippen molar-refractivity contribution in [2.75, 3.05) is 31.4 Å². The highest BCUT2D eigenvalue weighted by Crippen LogP contribution is 2.51. The number of likely N-dealkylation sites (N-methyl/N-ethyl adjacent to an activating group) is 1. The average molecular weight is 1180 g/mol. The van der Waals surface area contributed by atoms with Crippen LogP contribution in [0.3, 0.4) is 0 Å². The minimum atomic E-state index is -1.44. The van der Waals surface area contributed by atoms with Gasteiger partial charge in [0, 0.05) is 36.9 Å². The van der Waals surface area contributed by atoms with E-state index in [-0.39, 0.29) is 17.3 Å². The molecule has 432 valence electrons. The molecule has 0 aliphatic heterocycles. The summed E-state index contributed by atoms with van der Waals surface area (Å²) in [5, 5.41) is 9.18. The van der Waals surface area contributed by atoms with E-state index in [0.29, 0.717) is 0 Å². The number of rotatable bonds is 24. The molecule has 9 rings (SSSR count). The number of hydrogen-bond acceptors (Lipinski definition) is 8. The summed E-state index contributed by atoms with van der Waals surface area (Å²) in [6.45, 7) is 5.68. The van der Waals surface area contributed by atoms with Crippen LogP contribution in [0, 0.1) is 0 Å². The van der Waals surface area contributed by atoms with E-state index in [4.69, 9.17) is 4.74 Å². The number of ether oxygens (including phenoxy) is 1. The van der Waals surface area contributed by atoms with Crippen molar-refractivity contribution >= 4 is 59.1 Å². The maximum Gasteiger partial charge on any atom is 0.410 e. The molecule has 0 saturated heterocycles. The number of carbonyl (C=O) groups is 4. The van der Waals surface area contributed by atoms with Gasteiger partial charge < -0.3 is 25.6 Å². The molecule has 0 aromatic heterocycles. The lowest BCUT2D eigenvalue weighted by Crippen LogP contribution is -2.57. The highest BCUT2D eigenvalue weighted by atomic mass is 32.2. The van der Waals surface area contributed by atoms with E-state index in [9.17, 15) is 9.59 Å². The Morgan fingerprint density at radius 2 is 0.588 bits per heavy atom. The van der Waals surface area contributed by atoms with E-state index in [1.165, 1.54) is 28.4 Å². The van der Waals surface area contributed by atoms with Crippen LogP contribution in [-0.4, -0.2) is 83.8 Å². The normalized spacial score (nSPS) is 12.9. The van der Waals surface area contributed by atoms with Crippen LogP contribution < -0.4 is 16.0 Å². The molecule has 0 fully saturated rings. The number of hydrogen-bond donors (Lipinski definition) is 3.